The summed E-state index contributed by atoms with van der Waals surface area (Å²) in [5.74, 6) is 0.853. The summed E-state index contributed by atoms with van der Waals surface area (Å²) < 4.78 is 5.79. The van der Waals surface area contributed by atoms with Crippen molar-refractivity contribution < 1.29 is 4.74 Å². The zero-order valence-electron chi connectivity index (χ0n) is 9.45. The Hall–Kier alpha value is -1.45. The van der Waals surface area contributed by atoms with E-state index < -0.39 is 0 Å². The van der Waals surface area contributed by atoms with Crippen LogP contribution in [0.5, 0.6) is 5.75 Å². The SMILES string of the molecule is CNc1c(OC2CC2)cncc1N(C)C. The highest BCUT2D eigenvalue weighted by molar-refractivity contribution is 5.74. The number of hydrogen-bond donors (Lipinski definition) is 1. The van der Waals surface area contributed by atoms with Gasteiger partial charge in [-0.05, 0) is 12.8 Å². The largest absolute Gasteiger partial charge is 0.487 e. The van der Waals surface area contributed by atoms with Crippen molar-refractivity contribution in [3.05, 3.63) is 12.4 Å². The highest BCUT2D eigenvalue weighted by atomic mass is 16.5. The molecule has 1 aliphatic carbocycles. The van der Waals surface area contributed by atoms with Gasteiger partial charge >= 0.3 is 0 Å². The van der Waals surface area contributed by atoms with E-state index in [4.69, 9.17) is 4.74 Å². The maximum atomic E-state index is 5.79. The Kier molecular flexibility index (Phi) is 2.66. The molecule has 4 nitrogen and oxygen atoms in total. The zero-order valence-corrected chi connectivity index (χ0v) is 9.45. The van der Waals surface area contributed by atoms with Crippen molar-refractivity contribution in [3.63, 3.8) is 0 Å². The second-order valence-electron chi connectivity index (χ2n) is 3.99. The molecule has 0 aliphatic heterocycles. The minimum absolute atomic E-state index is 0.399. The zero-order chi connectivity index (χ0) is 10.8. The molecule has 1 N–H and O–H groups in total. The number of hydrogen-bond acceptors (Lipinski definition) is 4. The fraction of sp³-hybridized carbons (Fsp3) is 0.545. The highest BCUT2D eigenvalue weighted by Gasteiger charge is 2.25. The molecule has 0 saturated heterocycles. The molecule has 0 unspecified atom stereocenters. The van der Waals surface area contributed by atoms with E-state index >= 15 is 0 Å². The molecule has 1 heterocycles. The van der Waals surface area contributed by atoms with Crippen LogP contribution in [0.4, 0.5) is 11.4 Å². The Morgan fingerprint density at radius 2 is 2.13 bits per heavy atom. The predicted molar refractivity (Wildman–Crippen MR) is 61.8 cm³/mol. The second-order valence-corrected chi connectivity index (χ2v) is 3.99. The summed E-state index contributed by atoms with van der Waals surface area (Å²) in [6, 6.07) is 0. The van der Waals surface area contributed by atoms with Gasteiger partial charge in [0, 0.05) is 21.1 Å². The van der Waals surface area contributed by atoms with E-state index in [0.29, 0.717) is 6.10 Å². The van der Waals surface area contributed by atoms with E-state index in [1.165, 1.54) is 0 Å². The summed E-state index contributed by atoms with van der Waals surface area (Å²) in [5, 5.41) is 3.17. The number of pyridine rings is 1. The lowest BCUT2D eigenvalue weighted by Gasteiger charge is -2.19. The van der Waals surface area contributed by atoms with E-state index in [-0.39, 0.29) is 0 Å². The molecular formula is C11H17N3O. The molecule has 15 heavy (non-hydrogen) atoms. The third kappa shape index (κ3) is 2.14. The van der Waals surface area contributed by atoms with E-state index in [9.17, 15) is 0 Å². The van der Waals surface area contributed by atoms with Crippen molar-refractivity contribution in [1.29, 1.82) is 0 Å². The number of anilines is 2. The molecule has 1 fully saturated rings. The summed E-state index contributed by atoms with van der Waals surface area (Å²) in [4.78, 5) is 6.22. The van der Waals surface area contributed by atoms with Crippen LogP contribution in [-0.4, -0.2) is 32.2 Å². The number of rotatable bonds is 4. The van der Waals surface area contributed by atoms with Gasteiger partial charge in [-0.1, -0.05) is 0 Å². The van der Waals surface area contributed by atoms with Crippen LogP contribution in [-0.2, 0) is 0 Å². The van der Waals surface area contributed by atoms with Gasteiger partial charge in [-0.15, -0.1) is 0 Å². The first-order valence-electron chi connectivity index (χ1n) is 5.22. The Morgan fingerprint density at radius 3 is 2.67 bits per heavy atom. The number of aromatic nitrogens is 1. The van der Waals surface area contributed by atoms with Gasteiger partial charge in [0.25, 0.3) is 0 Å². The molecule has 1 aromatic heterocycles. The van der Waals surface area contributed by atoms with Crippen LogP contribution in [0.2, 0.25) is 0 Å². The Balaban J connectivity index is 2.30. The van der Waals surface area contributed by atoms with Gasteiger partial charge in [0.2, 0.25) is 0 Å². The molecule has 1 aromatic rings. The van der Waals surface area contributed by atoms with Gasteiger partial charge < -0.3 is 15.0 Å². The van der Waals surface area contributed by atoms with Crippen molar-refractivity contribution in [2.75, 3.05) is 31.4 Å². The summed E-state index contributed by atoms with van der Waals surface area (Å²) >= 11 is 0. The van der Waals surface area contributed by atoms with Crippen molar-refractivity contribution in [3.8, 4) is 5.75 Å². The fourth-order valence-electron chi connectivity index (χ4n) is 1.48. The van der Waals surface area contributed by atoms with Crippen LogP contribution in [0.25, 0.3) is 0 Å². The Labute approximate surface area is 90.3 Å². The molecule has 0 aromatic carbocycles. The van der Waals surface area contributed by atoms with E-state index in [0.717, 1.165) is 30.0 Å². The van der Waals surface area contributed by atoms with Crippen LogP contribution in [0.15, 0.2) is 12.4 Å². The van der Waals surface area contributed by atoms with Crippen molar-refractivity contribution in [1.82, 2.24) is 4.98 Å². The lowest BCUT2D eigenvalue weighted by molar-refractivity contribution is 0.303. The third-order valence-electron chi connectivity index (χ3n) is 2.44. The van der Waals surface area contributed by atoms with Crippen LogP contribution in [0.3, 0.4) is 0 Å². The average molecular weight is 207 g/mol. The van der Waals surface area contributed by atoms with Crippen molar-refractivity contribution in [2.24, 2.45) is 0 Å². The van der Waals surface area contributed by atoms with Crippen LogP contribution in [0, 0.1) is 0 Å². The predicted octanol–water partition coefficient (Wildman–Crippen LogP) is 1.73. The maximum Gasteiger partial charge on any atom is 0.163 e. The van der Waals surface area contributed by atoms with E-state index in [2.05, 4.69) is 10.3 Å². The molecule has 0 bridgehead atoms. The van der Waals surface area contributed by atoms with Gasteiger partial charge in [0.1, 0.15) is 5.69 Å². The topological polar surface area (TPSA) is 37.4 Å². The van der Waals surface area contributed by atoms with Crippen LogP contribution < -0.4 is 15.0 Å². The molecule has 1 aliphatic rings. The van der Waals surface area contributed by atoms with Gasteiger partial charge in [-0.25, -0.2) is 0 Å². The molecule has 4 heteroatoms. The summed E-state index contributed by atoms with van der Waals surface area (Å²) in [6.07, 6.45) is 6.34. The second kappa shape index (κ2) is 3.96. The minimum Gasteiger partial charge on any atom is -0.487 e. The number of ether oxygens (including phenoxy) is 1. The van der Waals surface area contributed by atoms with Gasteiger partial charge in [-0.3, -0.25) is 4.98 Å². The van der Waals surface area contributed by atoms with Gasteiger partial charge in [0.15, 0.2) is 5.75 Å². The summed E-state index contributed by atoms with van der Waals surface area (Å²) in [7, 11) is 5.90. The van der Waals surface area contributed by atoms with Crippen LogP contribution in [0.1, 0.15) is 12.8 Å². The number of nitrogens with zero attached hydrogens (tertiary/aromatic N) is 2. The normalized spacial score (nSPS) is 14.9. The number of nitrogens with one attached hydrogen (secondary N) is 1. The lowest BCUT2D eigenvalue weighted by Crippen LogP contribution is -2.12. The molecule has 0 atom stereocenters. The van der Waals surface area contributed by atoms with Crippen molar-refractivity contribution >= 4 is 11.4 Å². The first-order chi connectivity index (χ1) is 7.22. The third-order valence-corrected chi connectivity index (χ3v) is 2.44. The standard InChI is InChI=1S/C11H17N3O/c1-12-11-9(14(2)3)6-13-7-10(11)15-8-4-5-8/h6-8H,4-5H2,1-3H3,(H,12,13). The van der Waals surface area contributed by atoms with E-state index in [1.807, 2.05) is 32.2 Å². The Bertz CT molecular complexity index is 348. The monoisotopic (exact) mass is 207 g/mol. The van der Waals surface area contributed by atoms with E-state index in [1.54, 1.807) is 6.20 Å². The molecule has 82 valence electrons. The van der Waals surface area contributed by atoms with Gasteiger partial charge in [0.05, 0.1) is 24.2 Å². The van der Waals surface area contributed by atoms with Gasteiger partial charge in [-0.2, -0.15) is 0 Å². The summed E-state index contributed by atoms with van der Waals surface area (Å²) in [6.45, 7) is 0. The minimum atomic E-state index is 0.399. The van der Waals surface area contributed by atoms with Crippen molar-refractivity contribution in [2.45, 2.75) is 18.9 Å². The smallest absolute Gasteiger partial charge is 0.163 e. The first kappa shape index (κ1) is 10.1. The lowest BCUT2D eigenvalue weighted by atomic mass is 10.3. The molecule has 1 saturated carbocycles. The quantitative estimate of drug-likeness (QED) is 0.816. The van der Waals surface area contributed by atoms with Crippen LogP contribution >= 0.6 is 0 Å². The molecular weight excluding hydrogens is 190 g/mol. The maximum absolute atomic E-state index is 5.79. The summed E-state index contributed by atoms with van der Waals surface area (Å²) in [5.41, 5.74) is 2.07. The molecule has 0 spiro atoms. The molecule has 0 radical (unpaired) electrons. The average Bonchev–Trinajstić information content (AvgIpc) is 3.01. The molecule has 0 amide bonds. The highest BCUT2D eigenvalue weighted by Crippen LogP contribution is 2.36. The fourth-order valence-corrected chi connectivity index (χ4v) is 1.48. The molecule has 2 rings (SSSR count). The first-order valence-corrected chi connectivity index (χ1v) is 5.22. The Morgan fingerprint density at radius 1 is 1.40 bits per heavy atom.